The van der Waals surface area contributed by atoms with Crippen LogP contribution in [0.3, 0.4) is 0 Å². The summed E-state index contributed by atoms with van der Waals surface area (Å²) in [4.78, 5) is 23.9. The molecule has 0 spiro atoms. The van der Waals surface area contributed by atoms with Gasteiger partial charge in [-0.3, -0.25) is 0 Å². The predicted octanol–water partition coefficient (Wildman–Crippen LogP) is 0.435. The number of carbonyl (C=O) groups is 1. The summed E-state index contributed by atoms with van der Waals surface area (Å²) in [6, 6.07) is 0. The van der Waals surface area contributed by atoms with Crippen LogP contribution in [0.25, 0.3) is 6.20 Å². The fraction of sp³-hybridized carbons (Fsp3) is 0.143. The van der Waals surface area contributed by atoms with Crippen molar-refractivity contribution in [3.05, 3.63) is 28.6 Å². The van der Waals surface area contributed by atoms with Crippen molar-refractivity contribution in [2.75, 3.05) is 7.11 Å². The maximum atomic E-state index is 10.7. The fourth-order valence-electron chi connectivity index (χ4n) is 0.772. The third-order valence-corrected chi connectivity index (χ3v) is 1.38. The first-order valence-corrected chi connectivity index (χ1v) is 3.58. The summed E-state index contributed by atoms with van der Waals surface area (Å²) in [6.45, 7) is 0. The zero-order valence-electron chi connectivity index (χ0n) is 7.28. The van der Waals surface area contributed by atoms with Gasteiger partial charge in [-0.05, 0) is 4.92 Å². The molecule has 0 radical (unpaired) electrons. The summed E-state index contributed by atoms with van der Waals surface area (Å²) < 4.78 is 5.43. The standard InChI is InChI=1S/C7H7N3O4/c1-14-6(11)2-4-9-5-3-8-7(9)10(12)13/h2-5H,1H3/b4-2-. The minimum atomic E-state index is -0.651. The lowest BCUT2D eigenvalue weighted by atomic mass is 10.6. The number of aromatic nitrogens is 2. The normalized spacial score (nSPS) is 10.4. The molecule has 14 heavy (non-hydrogen) atoms. The maximum absolute atomic E-state index is 10.7. The highest BCUT2D eigenvalue weighted by Crippen LogP contribution is 2.07. The number of ether oxygens (including phenoxy) is 1. The minimum absolute atomic E-state index is 0.356. The van der Waals surface area contributed by atoms with Gasteiger partial charge in [-0.25, -0.2) is 9.36 Å². The van der Waals surface area contributed by atoms with Gasteiger partial charge in [-0.2, -0.15) is 0 Å². The molecule has 1 aromatic heterocycles. The van der Waals surface area contributed by atoms with Gasteiger partial charge in [0.2, 0.25) is 0 Å². The zero-order chi connectivity index (χ0) is 10.6. The first-order chi connectivity index (χ1) is 6.65. The zero-order valence-corrected chi connectivity index (χ0v) is 7.28. The SMILES string of the molecule is COC(=O)/C=C\n1ccnc1[N+](=O)[O-]. The number of rotatable bonds is 3. The molecule has 0 unspecified atom stereocenters. The number of nitrogens with zero attached hydrogens (tertiary/aromatic N) is 3. The van der Waals surface area contributed by atoms with Gasteiger partial charge in [-0.15, -0.1) is 0 Å². The van der Waals surface area contributed by atoms with Crippen molar-refractivity contribution in [1.29, 1.82) is 0 Å². The second-order valence-corrected chi connectivity index (χ2v) is 2.23. The van der Waals surface area contributed by atoms with Gasteiger partial charge in [0.1, 0.15) is 12.4 Å². The molecule has 0 atom stereocenters. The highest BCUT2D eigenvalue weighted by atomic mass is 16.6. The van der Waals surface area contributed by atoms with E-state index in [1.807, 2.05) is 0 Å². The first-order valence-electron chi connectivity index (χ1n) is 3.58. The van der Waals surface area contributed by atoms with Gasteiger partial charge in [0.05, 0.1) is 19.4 Å². The Labute approximate surface area is 78.8 Å². The summed E-state index contributed by atoms with van der Waals surface area (Å²) in [5.74, 6) is -0.946. The van der Waals surface area contributed by atoms with Crippen LogP contribution in [0.5, 0.6) is 0 Å². The molecule has 0 aliphatic heterocycles. The molecule has 1 aromatic rings. The molecule has 0 saturated carbocycles. The second-order valence-electron chi connectivity index (χ2n) is 2.23. The third-order valence-electron chi connectivity index (χ3n) is 1.38. The average molecular weight is 197 g/mol. The molecule has 0 fully saturated rings. The summed E-state index contributed by atoms with van der Waals surface area (Å²) in [5.41, 5.74) is 0. The Morgan fingerprint density at radius 3 is 3.07 bits per heavy atom. The third kappa shape index (κ3) is 2.16. The number of hydrogen-bond acceptors (Lipinski definition) is 5. The topological polar surface area (TPSA) is 87.3 Å². The molecule has 0 aliphatic rings. The quantitative estimate of drug-likeness (QED) is 0.303. The number of methoxy groups -OCH3 is 1. The van der Waals surface area contributed by atoms with Crippen LogP contribution in [-0.2, 0) is 9.53 Å². The molecule has 0 aliphatic carbocycles. The van der Waals surface area contributed by atoms with Crippen molar-refractivity contribution in [3.63, 3.8) is 0 Å². The molecule has 1 rings (SSSR count). The Morgan fingerprint density at radius 1 is 1.79 bits per heavy atom. The van der Waals surface area contributed by atoms with E-state index in [0.717, 1.165) is 10.6 Å². The molecule has 0 N–H and O–H groups in total. The Balaban J connectivity index is 2.86. The van der Waals surface area contributed by atoms with Crippen LogP contribution < -0.4 is 0 Å². The van der Waals surface area contributed by atoms with Crippen LogP contribution in [0.15, 0.2) is 18.5 Å². The monoisotopic (exact) mass is 197 g/mol. The number of imidazole rings is 1. The Morgan fingerprint density at radius 2 is 2.50 bits per heavy atom. The van der Waals surface area contributed by atoms with Crippen LogP contribution in [0, 0.1) is 10.1 Å². The lowest BCUT2D eigenvalue weighted by Gasteiger charge is -1.93. The number of carbonyl (C=O) groups excluding carboxylic acids is 1. The lowest BCUT2D eigenvalue weighted by Crippen LogP contribution is -1.99. The largest absolute Gasteiger partial charge is 0.466 e. The second kappa shape index (κ2) is 4.17. The smallest absolute Gasteiger partial charge is 0.439 e. The van der Waals surface area contributed by atoms with Gasteiger partial charge in [0.25, 0.3) is 0 Å². The lowest BCUT2D eigenvalue weighted by molar-refractivity contribution is -0.395. The summed E-state index contributed by atoms with van der Waals surface area (Å²) in [5, 5.41) is 10.4. The van der Waals surface area contributed by atoms with Crippen molar-refractivity contribution in [2.45, 2.75) is 0 Å². The number of esters is 1. The molecule has 0 aromatic carbocycles. The average Bonchev–Trinajstić information content (AvgIpc) is 2.62. The highest BCUT2D eigenvalue weighted by Gasteiger charge is 2.11. The van der Waals surface area contributed by atoms with E-state index in [1.165, 1.54) is 25.7 Å². The predicted molar refractivity (Wildman–Crippen MR) is 46.2 cm³/mol. The molecule has 1 heterocycles. The van der Waals surface area contributed by atoms with E-state index >= 15 is 0 Å². The van der Waals surface area contributed by atoms with Crippen LogP contribution in [-0.4, -0.2) is 27.6 Å². The molecule has 0 saturated heterocycles. The Bertz CT molecular complexity index is 382. The van der Waals surface area contributed by atoms with Crippen LogP contribution in [0.2, 0.25) is 0 Å². The van der Waals surface area contributed by atoms with E-state index in [1.54, 1.807) is 0 Å². The number of nitro groups is 1. The maximum Gasteiger partial charge on any atom is 0.439 e. The molecular formula is C7H7N3O4. The summed E-state index contributed by atoms with van der Waals surface area (Å²) >= 11 is 0. The number of hydrogen-bond donors (Lipinski definition) is 0. The van der Waals surface area contributed by atoms with Crippen LogP contribution in [0.4, 0.5) is 5.95 Å². The van der Waals surface area contributed by atoms with Gasteiger partial charge in [-0.1, -0.05) is 4.98 Å². The van der Waals surface area contributed by atoms with E-state index in [9.17, 15) is 14.9 Å². The van der Waals surface area contributed by atoms with E-state index < -0.39 is 10.9 Å². The van der Waals surface area contributed by atoms with E-state index in [2.05, 4.69) is 9.72 Å². The van der Waals surface area contributed by atoms with Crippen LogP contribution >= 0.6 is 0 Å². The molecule has 0 bridgehead atoms. The van der Waals surface area contributed by atoms with Crippen molar-refractivity contribution < 1.29 is 14.5 Å². The van der Waals surface area contributed by atoms with E-state index in [0.29, 0.717) is 0 Å². The van der Waals surface area contributed by atoms with Gasteiger partial charge >= 0.3 is 11.9 Å². The summed E-state index contributed by atoms with van der Waals surface area (Å²) in [6.07, 6.45) is 4.89. The van der Waals surface area contributed by atoms with Gasteiger partial charge in [0, 0.05) is 0 Å². The first kappa shape index (κ1) is 9.90. The molecular weight excluding hydrogens is 190 g/mol. The van der Waals surface area contributed by atoms with Crippen molar-refractivity contribution >= 4 is 18.1 Å². The van der Waals surface area contributed by atoms with Crippen LogP contribution in [0.1, 0.15) is 0 Å². The van der Waals surface area contributed by atoms with E-state index in [4.69, 9.17) is 0 Å². The fourth-order valence-corrected chi connectivity index (χ4v) is 0.772. The Kier molecular flexibility index (Phi) is 2.95. The molecule has 0 amide bonds. The minimum Gasteiger partial charge on any atom is -0.466 e. The van der Waals surface area contributed by atoms with E-state index in [-0.39, 0.29) is 5.95 Å². The molecule has 7 nitrogen and oxygen atoms in total. The van der Waals surface area contributed by atoms with Gasteiger partial charge in [0.15, 0.2) is 0 Å². The molecule has 7 heteroatoms. The Hall–Kier alpha value is -2.18. The van der Waals surface area contributed by atoms with Crippen molar-refractivity contribution in [1.82, 2.24) is 9.55 Å². The van der Waals surface area contributed by atoms with Crippen molar-refractivity contribution in [2.24, 2.45) is 0 Å². The van der Waals surface area contributed by atoms with Gasteiger partial charge < -0.3 is 14.9 Å². The van der Waals surface area contributed by atoms with Crippen molar-refractivity contribution in [3.8, 4) is 0 Å². The summed E-state index contributed by atoms with van der Waals surface area (Å²) in [7, 11) is 1.22. The highest BCUT2D eigenvalue weighted by molar-refractivity contribution is 5.84. The molecule has 74 valence electrons.